The molecule has 2 aromatic carbocycles. The molecule has 142 valence electrons. The molecule has 0 bridgehead atoms. The van der Waals surface area contributed by atoms with Gasteiger partial charge in [0, 0.05) is 12.1 Å². The van der Waals surface area contributed by atoms with E-state index in [9.17, 15) is 9.59 Å². The third-order valence-corrected chi connectivity index (χ3v) is 3.67. The highest BCUT2D eigenvalue weighted by molar-refractivity contribution is 7.80. The zero-order chi connectivity index (χ0) is 19.5. The first-order valence-electron chi connectivity index (χ1n) is 8.64. The van der Waals surface area contributed by atoms with Crippen LogP contribution in [-0.4, -0.2) is 30.2 Å². The number of rotatable bonds is 8. The summed E-state index contributed by atoms with van der Waals surface area (Å²) in [5.74, 6) is 0.214. The van der Waals surface area contributed by atoms with Crippen LogP contribution in [0.2, 0.25) is 0 Å². The minimum atomic E-state index is -0.377. The average Bonchev–Trinajstić information content (AvgIpc) is 2.67. The number of amides is 1. The lowest BCUT2D eigenvalue weighted by molar-refractivity contribution is -0.119. The Hall–Kier alpha value is -2.93. The van der Waals surface area contributed by atoms with Crippen LogP contribution in [0.3, 0.4) is 0 Å². The van der Waals surface area contributed by atoms with E-state index in [0.29, 0.717) is 37.3 Å². The number of carbonyl (C=O) groups is 2. The van der Waals surface area contributed by atoms with Crippen molar-refractivity contribution in [1.29, 1.82) is 0 Å². The Kier molecular flexibility index (Phi) is 8.25. The van der Waals surface area contributed by atoms with Crippen LogP contribution in [0.4, 0.5) is 5.69 Å². The number of hydrogen-bond donors (Lipinski definition) is 2. The van der Waals surface area contributed by atoms with Gasteiger partial charge in [-0.05, 0) is 62.0 Å². The Labute approximate surface area is 163 Å². The maximum atomic E-state index is 11.9. The smallest absolute Gasteiger partial charge is 0.338 e. The molecule has 0 heterocycles. The van der Waals surface area contributed by atoms with Crippen LogP contribution in [-0.2, 0) is 9.53 Å². The van der Waals surface area contributed by atoms with E-state index in [0.717, 1.165) is 5.75 Å². The maximum Gasteiger partial charge on any atom is 0.338 e. The summed E-state index contributed by atoms with van der Waals surface area (Å²) >= 11 is 5.13. The van der Waals surface area contributed by atoms with Gasteiger partial charge >= 0.3 is 5.97 Å². The number of anilines is 1. The number of ether oxygens (including phenoxy) is 2. The van der Waals surface area contributed by atoms with Crippen molar-refractivity contribution >= 4 is 34.9 Å². The van der Waals surface area contributed by atoms with Gasteiger partial charge in [0.15, 0.2) is 5.11 Å². The molecule has 6 nitrogen and oxygen atoms in total. The number of thiocarbonyl (C=S) groups is 1. The van der Waals surface area contributed by atoms with Crippen LogP contribution in [0.1, 0.15) is 30.1 Å². The van der Waals surface area contributed by atoms with Crippen molar-refractivity contribution in [2.75, 3.05) is 18.5 Å². The number of hydrogen-bond acceptors (Lipinski definition) is 5. The molecular formula is C20H22N2O4S. The molecule has 0 unspecified atom stereocenters. The largest absolute Gasteiger partial charge is 0.494 e. The minimum Gasteiger partial charge on any atom is -0.494 e. The van der Waals surface area contributed by atoms with E-state index in [-0.39, 0.29) is 17.0 Å². The molecule has 0 aliphatic rings. The van der Waals surface area contributed by atoms with Gasteiger partial charge < -0.3 is 20.1 Å². The first-order chi connectivity index (χ1) is 13.1. The number of esters is 1. The van der Waals surface area contributed by atoms with Crippen LogP contribution < -0.4 is 15.4 Å². The van der Waals surface area contributed by atoms with Crippen molar-refractivity contribution in [3.63, 3.8) is 0 Å². The molecule has 0 fully saturated rings. The van der Waals surface area contributed by atoms with E-state index in [1.54, 1.807) is 31.2 Å². The van der Waals surface area contributed by atoms with Gasteiger partial charge in [-0.2, -0.15) is 0 Å². The van der Waals surface area contributed by atoms with Gasteiger partial charge in [0.25, 0.3) is 0 Å². The van der Waals surface area contributed by atoms with Crippen LogP contribution >= 0.6 is 12.2 Å². The molecule has 0 atom stereocenters. The fourth-order valence-electron chi connectivity index (χ4n) is 2.20. The van der Waals surface area contributed by atoms with E-state index in [4.69, 9.17) is 21.7 Å². The summed E-state index contributed by atoms with van der Waals surface area (Å²) in [5.41, 5.74) is 1.12. The maximum absolute atomic E-state index is 11.9. The van der Waals surface area contributed by atoms with E-state index in [1.807, 2.05) is 30.3 Å². The van der Waals surface area contributed by atoms with E-state index in [1.165, 1.54) is 0 Å². The summed E-state index contributed by atoms with van der Waals surface area (Å²) in [5, 5.41) is 5.72. The Balaban J connectivity index is 1.68. The molecule has 2 aromatic rings. The molecule has 0 saturated carbocycles. The molecule has 0 aliphatic heterocycles. The second-order valence-corrected chi connectivity index (χ2v) is 5.97. The van der Waals surface area contributed by atoms with Gasteiger partial charge in [-0.25, -0.2) is 4.79 Å². The van der Waals surface area contributed by atoms with Crippen molar-refractivity contribution in [3.8, 4) is 5.75 Å². The first kappa shape index (κ1) is 20.4. The zero-order valence-electron chi connectivity index (χ0n) is 15.1. The molecule has 0 saturated heterocycles. The summed E-state index contributed by atoms with van der Waals surface area (Å²) in [6, 6.07) is 16.1. The SMILES string of the molecule is CCOC(=O)c1ccc(NC(=S)NC(=O)CCCOc2ccccc2)cc1. The van der Waals surface area contributed by atoms with E-state index in [2.05, 4.69) is 10.6 Å². The molecule has 7 heteroatoms. The Morgan fingerprint density at radius 2 is 1.74 bits per heavy atom. The monoisotopic (exact) mass is 386 g/mol. The third kappa shape index (κ3) is 7.45. The Bertz CT molecular complexity index is 763. The predicted molar refractivity (Wildman–Crippen MR) is 108 cm³/mol. The summed E-state index contributed by atoms with van der Waals surface area (Å²) in [6.07, 6.45) is 0.883. The topological polar surface area (TPSA) is 76.7 Å². The Morgan fingerprint density at radius 3 is 2.41 bits per heavy atom. The second-order valence-electron chi connectivity index (χ2n) is 5.57. The van der Waals surface area contributed by atoms with Gasteiger partial charge in [-0.15, -0.1) is 0 Å². The van der Waals surface area contributed by atoms with Crippen molar-refractivity contribution in [1.82, 2.24) is 5.32 Å². The fourth-order valence-corrected chi connectivity index (χ4v) is 2.43. The number of para-hydroxylation sites is 1. The Morgan fingerprint density at radius 1 is 1.04 bits per heavy atom. The van der Waals surface area contributed by atoms with Crippen LogP contribution in [0.15, 0.2) is 54.6 Å². The zero-order valence-corrected chi connectivity index (χ0v) is 15.9. The van der Waals surface area contributed by atoms with E-state index >= 15 is 0 Å². The van der Waals surface area contributed by atoms with Crippen LogP contribution in [0.25, 0.3) is 0 Å². The van der Waals surface area contributed by atoms with Crippen molar-refractivity contribution in [2.45, 2.75) is 19.8 Å². The molecule has 2 rings (SSSR count). The third-order valence-electron chi connectivity index (χ3n) is 3.47. The molecule has 1 amide bonds. The highest BCUT2D eigenvalue weighted by atomic mass is 32.1. The fraction of sp³-hybridized carbons (Fsp3) is 0.250. The molecule has 0 aromatic heterocycles. The summed E-state index contributed by atoms with van der Waals surface area (Å²) in [7, 11) is 0. The summed E-state index contributed by atoms with van der Waals surface area (Å²) < 4.78 is 10.5. The lowest BCUT2D eigenvalue weighted by Crippen LogP contribution is -2.34. The van der Waals surface area contributed by atoms with Gasteiger partial charge in [-0.3, -0.25) is 4.79 Å². The van der Waals surface area contributed by atoms with Gasteiger partial charge in [-0.1, -0.05) is 18.2 Å². The predicted octanol–water partition coefficient (Wildman–Crippen LogP) is 3.54. The number of nitrogens with one attached hydrogen (secondary N) is 2. The average molecular weight is 386 g/mol. The molecular weight excluding hydrogens is 364 g/mol. The highest BCUT2D eigenvalue weighted by Crippen LogP contribution is 2.11. The minimum absolute atomic E-state index is 0.188. The van der Waals surface area contributed by atoms with Gasteiger partial charge in [0.05, 0.1) is 18.8 Å². The number of carbonyl (C=O) groups excluding carboxylic acids is 2. The van der Waals surface area contributed by atoms with Crippen molar-refractivity contribution in [2.24, 2.45) is 0 Å². The first-order valence-corrected chi connectivity index (χ1v) is 9.05. The quantitative estimate of drug-likeness (QED) is 0.411. The highest BCUT2D eigenvalue weighted by Gasteiger charge is 2.08. The molecule has 2 N–H and O–H groups in total. The second kappa shape index (κ2) is 10.9. The molecule has 27 heavy (non-hydrogen) atoms. The van der Waals surface area contributed by atoms with E-state index < -0.39 is 0 Å². The lowest BCUT2D eigenvalue weighted by Gasteiger charge is -2.10. The molecule has 0 radical (unpaired) electrons. The van der Waals surface area contributed by atoms with Crippen molar-refractivity contribution < 1.29 is 19.1 Å². The normalized spacial score (nSPS) is 9.96. The lowest BCUT2D eigenvalue weighted by atomic mass is 10.2. The summed E-state index contributed by atoms with van der Waals surface area (Å²) in [4.78, 5) is 23.5. The van der Waals surface area contributed by atoms with Crippen molar-refractivity contribution in [3.05, 3.63) is 60.2 Å². The molecule has 0 aliphatic carbocycles. The van der Waals surface area contributed by atoms with Gasteiger partial charge in [0.1, 0.15) is 5.75 Å². The molecule has 0 spiro atoms. The van der Waals surface area contributed by atoms with Gasteiger partial charge in [0.2, 0.25) is 5.91 Å². The van der Waals surface area contributed by atoms with Crippen LogP contribution in [0.5, 0.6) is 5.75 Å². The summed E-state index contributed by atoms with van der Waals surface area (Å²) in [6.45, 7) is 2.53. The standard InChI is InChI=1S/C20H22N2O4S/c1-2-25-19(24)15-10-12-16(13-11-15)21-20(27)22-18(23)9-6-14-26-17-7-4-3-5-8-17/h3-5,7-8,10-13H,2,6,9,14H2,1H3,(H2,21,22,23,27). The van der Waals surface area contributed by atoms with Crippen LogP contribution in [0, 0.1) is 0 Å². The number of benzene rings is 2.